The molecule has 0 aromatic carbocycles. The fourth-order valence-electron chi connectivity index (χ4n) is 2.37. The van der Waals surface area contributed by atoms with Crippen LogP contribution in [0.15, 0.2) is 0 Å². The topological polar surface area (TPSA) is 15.3 Å². The molecule has 0 aromatic rings. The smallest absolute Gasteiger partial charge is 0.0223 e. The second kappa shape index (κ2) is 11.0. The van der Waals surface area contributed by atoms with Gasteiger partial charge in [0.05, 0.1) is 0 Å². The van der Waals surface area contributed by atoms with E-state index in [1.54, 1.807) is 0 Å². The zero-order chi connectivity index (χ0) is 13.1. The van der Waals surface area contributed by atoms with Crippen molar-refractivity contribution in [1.82, 2.24) is 10.2 Å². The van der Waals surface area contributed by atoms with Gasteiger partial charge in [-0.3, -0.25) is 4.90 Å². The van der Waals surface area contributed by atoms with E-state index in [1.165, 1.54) is 38.6 Å². The Balaban J connectivity index is 4.42. The fourth-order valence-corrected chi connectivity index (χ4v) is 2.37. The van der Waals surface area contributed by atoms with Crippen LogP contribution in [0.5, 0.6) is 0 Å². The summed E-state index contributed by atoms with van der Waals surface area (Å²) >= 11 is 0. The summed E-state index contributed by atoms with van der Waals surface area (Å²) in [7, 11) is 0. The van der Waals surface area contributed by atoms with Gasteiger partial charge < -0.3 is 5.32 Å². The van der Waals surface area contributed by atoms with Crippen LogP contribution in [0.4, 0.5) is 0 Å². The van der Waals surface area contributed by atoms with Crippen LogP contribution >= 0.6 is 0 Å². The molecule has 0 aliphatic rings. The van der Waals surface area contributed by atoms with E-state index in [0.29, 0.717) is 0 Å². The molecule has 0 aromatic heterocycles. The SMILES string of the molecule is CCCCN(C(C)CC)C(CCC)CNCC. The fraction of sp³-hybridized carbons (Fsp3) is 1.00. The maximum Gasteiger partial charge on any atom is 0.0223 e. The van der Waals surface area contributed by atoms with Crippen LogP contribution in [-0.4, -0.2) is 36.6 Å². The molecule has 2 nitrogen and oxygen atoms in total. The average Bonchev–Trinajstić information content (AvgIpc) is 2.35. The molecule has 0 fully saturated rings. The summed E-state index contributed by atoms with van der Waals surface area (Å²) in [5.41, 5.74) is 0. The van der Waals surface area contributed by atoms with Gasteiger partial charge in [0.1, 0.15) is 0 Å². The van der Waals surface area contributed by atoms with Crippen LogP contribution in [0, 0.1) is 0 Å². The van der Waals surface area contributed by atoms with E-state index in [4.69, 9.17) is 0 Å². The first-order valence-corrected chi connectivity index (χ1v) is 7.67. The quantitative estimate of drug-likeness (QED) is 0.595. The Morgan fingerprint density at radius 1 is 1.06 bits per heavy atom. The minimum Gasteiger partial charge on any atom is -0.315 e. The van der Waals surface area contributed by atoms with E-state index in [2.05, 4.69) is 44.8 Å². The largest absolute Gasteiger partial charge is 0.315 e. The number of unbranched alkanes of at least 4 members (excludes halogenated alkanes) is 1. The average molecular weight is 242 g/mol. The molecule has 17 heavy (non-hydrogen) atoms. The summed E-state index contributed by atoms with van der Waals surface area (Å²) in [6, 6.07) is 1.44. The molecule has 0 saturated carbocycles. The molecule has 104 valence electrons. The Kier molecular flexibility index (Phi) is 11.0. The first-order chi connectivity index (χ1) is 8.21. The van der Waals surface area contributed by atoms with E-state index < -0.39 is 0 Å². The number of hydrogen-bond acceptors (Lipinski definition) is 2. The van der Waals surface area contributed by atoms with Crippen molar-refractivity contribution in [3.05, 3.63) is 0 Å². The summed E-state index contributed by atoms with van der Waals surface area (Å²) in [6.45, 7) is 15.0. The van der Waals surface area contributed by atoms with Crippen LogP contribution in [0.25, 0.3) is 0 Å². The number of rotatable bonds is 11. The van der Waals surface area contributed by atoms with Crippen LogP contribution < -0.4 is 5.32 Å². The monoisotopic (exact) mass is 242 g/mol. The van der Waals surface area contributed by atoms with Crippen molar-refractivity contribution < 1.29 is 0 Å². The van der Waals surface area contributed by atoms with Crippen LogP contribution in [0.3, 0.4) is 0 Å². The molecule has 0 aliphatic heterocycles. The van der Waals surface area contributed by atoms with Crippen molar-refractivity contribution in [3.63, 3.8) is 0 Å². The van der Waals surface area contributed by atoms with Crippen molar-refractivity contribution >= 4 is 0 Å². The molecule has 0 spiro atoms. The van der Waals surface area contributed by atoms with Gasteiger partial charge in [0.15, 0.2) is 0 Å². The van der Waals surface area contributed by atoms with Crippen molar-refractivity contribution in [1.29, 1.82) is 0 Å². The molecule has 0 bridgehead atoms. The minimum absolute atomic E-state index is 0.719. The predicted molar refractivity (Wildman–Crippen MR) is 78.6 cm³/mol. The van der Waals surface area contributed by atoms with Crippen LogP contribution in [0.2, 0.25) is 0 Å². The number of hydrogen-bond donors (Lipinski definition) is 1. The van der Waals surface area contributed by atoms with Gasteiger partial charge in [0.2, 0.25) is 0 Å². The third-order valence-electron chi connectivity index (χ3n) is 3.65. The van der Waals surface area contributed by atoms with E-state index in [9.17, 15) is 0 Å². The highest BCUT2D eigenvalue weighted by atomic mass is 15.2. The van der Waals surface area contributed by atoms with Gasteiger partial charge in [-0.05, 0) is 39.3 Å². The molecule has 2 unspecified atom stereocenters. The standard InChI is InChI=1S/C15H34N2/c1-6-10-12-17(14(5)8-3)15(11-7-2)13-16-9-4/h14-16H,6-13H2,1-5H3. The minimum atomic E-state index is 0.719. The highest BCUT2D eigenvalue weighted by Crippen LogP contribution is 2.14. The molecule has 0 aliphatic carbocycles. The normalized spacial score (nSPS) is 15.2. The number of nitrogens with zero attached hydrogens (tertiary/aromatic N) is 1. The Labute approximate surface area is 109 Å². The maximum atomic E-state index is 3.53. The van der Waals surface area contributed by atoms with E-state index in [1.807, 2.05) is 0 Å². The van der Waals surface area contributed by atoms with Crippen LogP contribution in [0.1, 0.15) is 66.7 Å². The second-order valence-corrected chi connectivity index (χ2v) is 5.10. The number of nitrogens with one attached hydrogen (secondary N) is 1. The predicted octanol–water partition coefficient (Wildman–Crippen LogP) is 3.67. The van der Waals surface area contributed by atoms with E-state index in [-0.39, 0.29) is 0 Å². The molecule has 0 heterocycles. The summed E-state index contributed by atoms with van der Waals surface area (Å²) in [5, 5.41) is 3.53. The zero-order valence-corrected chi connectivity index (χ0v) is 12.8. The van der Waals surface area contributed by atoms with Crippen molar-refractivity contribution in [2.24, 2.45) is 0 Å². The van der Waals surface area contributed by atoms with E-state index >= 15 is 0 Å². The maximum absolute atomic E-state index is 3.53. The molecule has 0 rings (SSSR count). The van der Waals surface area contributed by atoms with Gasteiger partial charge in [-0.2, -0.15) is 0 Å². The number of likely N-dealkylation sites (N-methyl/N-ethyl adjacent to an activating group) is 1. The summed E-state index contributed by atoms with van der Waals surface area (Å²) in [4.78, 5) is 2.73. The van der Waals surface area contributed by atoms with Crippen molar-refractivity contribution in [3.8, 4) is 0 Å². The zero-order valence-electron chi connectivity index (χ0n) is 12.8. The van der Waals surface area contributed by atoms with Gasteiger partial charge in [0.25, 0.3) is 0 Å². The first-order valence-electron chi connectivity index (χ1n) is 7.67. The summed E-state index contributed by atoms with van der Waals surface area (Å²) in [6.07, 6.45) is 6.50. The Bertz CT molecular complexity index is 159. The third-order valence-corrected chi connectivity index (χ3v) is 3.65. The molecule has 2 atom stereocenters. The van der Waals surface area contributed by atoms with Crippen molar-refractivity contribution in [2.75, 3.05) is 19.6 Å². The Morgan fingerprint density at radius 3 is 2.24 bits per heavy atom. The highest BCUT2D eigenvalue weighted by Gasteiger charge is 2.20. The van der Waals surface area contributed by atoms with Gasteiger partial charge in [0, 0.05) is 18.6 Å². The first kappa shape index (κ1) is 16.9. The molecule has 2 heteroatoms. The summed E-state index contributed by atoms with van der Waals surface area (Å²) < 4.78 is 0. The molecule has 0 radical (unpaired) electrons. The summed E-state index contributed by atoms with van der Waals surface area (Å²) in [5.74, 6) is 0. The molecule has 0 saturated heterocycles. The lowest BCUT2D eigenvalue weighted by Gasteiger charge is -2.36. The van der Waals surface area contributed by atoms with Crippen LogP contribution in [-0.2, 0) is 0 Å². The highest BCUT2D eigenvalue weighted by molar-refractivity contribution is 4.78. The molecular formula is C15H34N2. The Morgan fingerprint density at radius 2 is 1.76 bits per heavy atom. The lowest BCUT2D eigenvalue weighted by Crippen LogP contribution is -2.47. The van der Waals surface area contributed by atoms with Gasteiger partial charge >= 0.3 is 0 Å². The lowest BCUT2D eigenvalue weighted by molar-refractivity contribution is 0.127. The molecule has 0 amide bonds. The van der Waals surface area contributed by atoms with E-state index in [0.717, 1.165) is 25.2 Å². The van der Waals surface area contributed by atoms with Gasteiger partial charge in [-0.25, -0.2) is 0 Å². The van der Waals surface area contributed by atoms with Crippen molar-refractivity contribution in [2.45, 2.75) is 78.8 Å². The second-order valence-electron chi connectivity index (χ2n) is 5.10. The molecular weight excluding hydrogens is 208 g/mol. The Hall–Kier alpha value is -0.0800. The molecule has 1 N–H and O–H groups in total. The lowest BCUT2D eigenvalue weighted by atomic mass is 10.1. The van der Waals surface area contributed by atoms with Gasteiger partial charge in [-0.15, -0.1) is 0 Å². The third kappa shape index (κ3) is 7.05. The van der Waals surface area contributed by atoms with Gasteiger partial charge in [-0.1, -0.05) is 40.5 Å².